The molecule has 0 radical (unpaired) electrons. The number of allylic oxidation sites excluding steroid dienone is 2. The largest absolute Gasteiger partial charge is 0.123 e. The molecule has 0 atom stereocenters. The molecule has 0 aliphatic heterocycles. The second-order valence-corrected chi connectivity index (χ2v) is 4.64. The van der Waals surface area contributed by atoms with E-state index in [0.29, 0.717) is 0 Å². The van der Waals surface area contributed by atoms with E-state index in [1.807, 2.05) is 0 Å². The number of rotatable bonds is 7. The Morgan fingerprint density at radius 2 is 1.73 bits per heavy atom. The van der Waals surface area contributed by atoms with Crippen LogP contribution in [-0.2, 0) is 0 Å². The molecule has 0 aromatic carbocycles. The molecular weight excluding hydrogens is 180 g/mol. The van der Waals surface area contributed by atoms with Gasteiger partial charge in [0.05, 0.1) is 0 Å². The van der Waals surface area contributed by atoms with Crippen molar-refractivity contribution < 1.29 is 0 Å². The van der Waals surface area contributed by atoms with Gasteiger partial charge in [-0.05, 0) is 51.2 Å². The fraction of sp³-hybridized carbons (Fsp3) is 0.667. The van der Waals surface area contributed by atoms with Gasteiger partial charge >= 0.3 is 0 Å². The van der Waals surface area contributed by atoms with Gasteiger partial charge in [-0.1, -0.05) is 38.3 Å². The van der Waals surface area contributed by atoms with Crippen LogP contribution in [0, 0.1) is 0 Å². The fourth-order valence-corrected chi connectivity index (χ4v) is 1.74. The fourth-order valence-electron chi connectivity index (χ4n) is 1.74. The van der Waals surface area contributed by atoms with Crippen molar-refractivity contribution in [3.8, 4) is 0 Å². The van der Waals surface area contributed by atoms with E-state index in [4.69, 9.17) is 0 Å². The van der Waals surface area contributed by atoms with E-state index >= 15 is 0 Å². The second-order valence-electron chi connectivity index (χ2n) is 4.64. The summed E-state index contributed by atoms with van der Waals surface area (Å²) < 4.78 is 0. The molecule has 0 heteroatoms. The maximum absolute atomic E-state index is 4.13. The summed E-state index contributed by atoms with van der Waals surface area (Å²) in [5.41, 5.74) is 7.28. The molecule has 0 aromatic rings. The lowest BCUT2D eigenvalue weighted by Crippen LogP contribution is -1.85. The van der Waals surface area contributed by atoms with Crippen LogP contribution >= 0.6 is 0 Å². The van der Waals surface area contributed by atoms with Crippen LogP contribution < -0.4 is 0 Å². The third-order valence-electron chi connectivity index (χ3n) is 2.36. The van der Waals surface area contributed by atoms with Crippen LogP contribution in [0.3, 0.4) is 0 Å². The lowest BCUT2D eigenvalue weighted by Gasteiger charge is -2.04. The first-order chi connectivity index (χ1) is 7.06. The highest BCUT2D eigenvalue weighted by molar-refractivity contribution is 5.12. The molecule has 0 bridgehead atoms. The molecule has 0 saturated carbocycles. The molecule has 0 aromatic heterocycles. The van der Waals surface area contributed by atoms with E-state index in [-0.39, 0.29) is 0 Å². The molecule has 0 saturated heterocycles. The SMILES string of the molecule is C=C(CCCCCC)CC(C)=C=C(C)C. The standard InChI is InChI=1S/C15H26/c1-6-7-8-9-10-14(4)12-15(5)11-13(2)3/h4,6-10,12H2,1-3,5H3. The van der Waals surface area contributed by atoms with Crippen molar-refractivity contribution in [2.45, 2.75) is 66.2 Å². The molecular formula is C15H26. The highest BCUT2D eigenvalue weighted by Crippen LogP contribution is 2.15. The first-order valence-corrected chi connectivity index (χ1v) is 6.12. The number of hydrogen-bond acceptors (Lipinski definition) is 0. The average molecular weight is 206 g/mol. The van der Waals surface area contributed by atoms with Crippen LogP contribution in [0.5, 0.6) is 0 Å². The smallest absolute Gasteiger partial charge is 0.00377 e. The first kappa shape index (κ1) is 14.3. The van der Waals surface area contributed by atoms with Crippen molar-refractivity contribution in [3.63, 3.8) is 0 Å². The van der Waals surface area contributed by atoms with Gasteiger partial charge < -0.3 is 0 Å². The Morgan fingerprint density at radius 1 is 1.07 bits per heavy atom. The Labute approximate surface area is 95.8 Å². The number of hydrogen-bond donors (Lipinski definition) is 0. The van der Waals surface area contributed by atoms with Gasteiger partial charge in [0.25, 0.3) is 0 Å². The van der Waals surface area contributed by atoms with Crippen molar-refractivity contribution in [2.24, 2.45) is 0 Å². The molecule has 15 heavy (non-hydrogen) atoms. The summed E-state index contributed by atoms with van der Waals surface area (Å²) >= 11 is 0. The summed E-state index contributed by atoms with van der Waals surface area (Å²) in [6, 6.07) is 0. The lowest BCUT2D eigenvalue weighted by atomic mass is 10.0. The summed E-state index contributed by atoms with van der Waals surface area (Å²) in [5.74, 6) is 0. The molecule has 0 aliphatic rings. The Morgan fingerprint density at radius 3 is 2.27 bits per heavy atom. The quantitative estimate of drug-likeness (QED) is 0.296. The van der Waals surface area contributed by atoms with Gasteiger partial charge in [0.1, 0.15) is 0 Å². The van der Waals surface area contributed by atoms with E-state index in [2.05, 4.69) is 40.0 Å². The summed E-state index contributed by atoms with van der Waals surface area (Å²) in [7, 11) is 0. The van der Waals surface area contributed by atoms with Crippen molar-refractivity contribution in [1.29, 1.82) is 0 Å². The summed E-state index contributed by atoms with van der Waals surface area (Å²) in [6.45, 7) is 12.7. The van der Waals surface area contributed by atoms with Crippen LogP contribution in [0.4, 0.5) is 0 Å². The highest BCUT2D eigenvalue weighted by Gasteiger charge is 1.96. The van der Waals surface area contributed by atoms with E-state index < -0.39 is 0 Å². The zero-order valence-electron chi connectivity index (χ0n) is 10.9. The molecule has 0 spiro atoms. The molecule has 0 unspecified atom stereocenters. The average Bonchev–Trinajstić information content (AvgIpc) is 2.10. The number of unbranched alkanes of at least 4 members (excludes halogenated alkanes) is 3. The maximum atomic E-state index is 4.13. The van der Waals surface area contributed by atoms with E-state index in [1.54, 1.807) is 0 Å². The molecule has 0 N–H and O–H groups in total. The molecule has 0 amide bonds. The third kappa shape index (κ3) is 9.56. The van der Waals surface area contributed by atoms with Gasteiger partial charge in [0.2, 0.25) is 0 Å². The Bertz CT molecular complexity index is 245. The van der Waals surface area contributed by atoms with Gasteiger partial charge in [-0.3, -0.25) is 0 Å². The van der Waals surface area contributed by atoms with Crippen molar-refractivity contribution >= 4 is 0 Å². The highest BCUT2D eigenvalue weighted by atomic mass is 14.0. The molecule has 0 heterocycles. The van der Waals surface area contributed by atoms with Gasteiger partial charge in [-0.25, -0.2) is 0 Å². The minimum absolute atomic E-state index is 1.03. The van der Waals surface area contributed by atoms with Crippen LogP contribution in [0.15, 0.2) is 29.0 Å². The summed E-state index contributed by atoms with van der Waals surface area (Å²) in [4.78, 5) is 0. The monoisotopic (exact) mass is 206 g/mol. The van der Waals surface area contributed by atoms with Crippen LogP contribution in [0.2, 0.25) is 0 Å². The molecule has 86 valence electrons. The van der Waals surface area contributed by atoms with Gasteiger partial charge in [-0.15, -0.1) is 5.73 Å². The third-order valence-corrected chi connectivity index (χ3v) is 2.36. The zero-order chi connectivity index (χ0) is 11.7. The minimum Gasteiger partial charge on any atom is -0.123 e. The zero-order valence-corrected chi connectivity index (χ0v) is 10.9. The van der Waals surface area contributed by atoms with Crippen molar-refractivity contribution in [3.05, 3.63) is 29.0 Å². The Hall–Kier alpha value is -0.740. The van der Waals surface area contributed by atoms with Crippen molar-refractivity contribution in [2.75, 3.05) is 0 Å². The summed E-state index contributed by atoms with van der Waals surface area (Å²) in [6.07, 6.45) is 7.52. The molecule has 0 fully saturated rings. The van der Waals surface area contributed by atoms with Crippen molar-refractivity contribution in [1.82, 2.24) is 0 Å². The first-order valence-electron chi connectivity index (χ1n) is 6.12. The maximum Gasteiger partial charge on any atom is -0.00377 e. The predicted molar refractivity (Wildman–Crippen MR) is 70.1 cm³/mol. The van der Waals surface area contributed by atoms with Crippen LogP contribution in [0.1, 0.15) is 66.2 Å². The van der Waals surface area contributed by atoms with E-state index in [0.717, 1.165) is 6.42 Å². The topological polar surface area (TPSA) is 0 Å². The minimum atomic E-state index is 1.03. The van der Waals surface area contributed by atoms with Gasteiger partial charge in [-0.2, -0.15) is 0 Å². The van der Waals surface area contributed by atoms with Gasteiger partial charge in [0, 0.05) is 0 Å². The molecule has 0 rings (SSSR count). The predicted octanol–water partition coefficient (Wildman–Crippen LogP) is 5.41. The second kappa shape index (κ2) is 8.56. The van der Waals surface area contributed by atoms with Crippen LogP contribution in [-0.4, -0.2) is 0 Å². The van der Waals surface area contributed by atoms with E-state index in [9.17, 15) is 0 Å². The van der Waals surface area contributed by atoms with Crippen LogP contribution in [0.25, 0.3) is 0 Å². The van der Waals surface area contributed by atoms with E-state index in [1.165, 1.54) is 48.8 Å². The Kier molecular flexibility index (Phi) is 8.14. The summed E-state index contributed by atoms with van der Waals surface area (Å²) in [5, 5.41) is 0. The normalized spacial score (nSPS) is 9.60. The Balaban J connectivity index is 3.80. The molecule has 0 aliphatic carbocycles. The van der Waals surface area contributed by atoms with Gasteiger partial charge in [0.15, 0.2) is 0 Å². The lowest BCUT2D eigenvalue weighted by molar-refractivity contribution is 0.660. The molecule has 0 nitrogen and oxygen atoms in total.